The quantitative estimate of drug-likeness (QED) is 0.880. The van der Waals surface area contributed by atoms with Crippen LogP contribution in [0.4, 0.5) is 4.39 Å². The number of hydrogen-bond acceptors (Lipinski definition) is 1. The second-order valence-electron chi connectivity index (χ2n) is 5.77. The first-order chi connectivity index (χ1) is 9.67. The second-order valence-corrected chi connectivity index (χ2v) is 5.77. The molecular weight excluding hydrogens is 249 g/mol. The molecule has 1 aliphatic rings. The molecule has 1 fully saturated rings. The maximum atomic E-state index is 14.2. The zero-order chi connectivity index (χ0) is 14.2. The lowest BCUT2D eigenvalue weighted by Crippen LogP contribution is -2.30. The number of likely N-dealkylation sites (N-methyl/N-ethyl adjacent to an activating group) is 1. The van der Waals surface area contributed by atoms with E-state index in [1.807, 2.05) is 32.2 Å². The summed E-state index contributed by atoms with van der Waals surface area (Å²) in [5.41, 5.74) is 3.24. The van der Waals surface area contributed by atoms with Crippen LogP contribution in [0.5, 0.6) is 0 Å². The minimum Gasteiger partial charge on any atom is -0.312 e. The Morgan fingerprint density at radius 1 is 1.10 bits per heavy atom. The molecule has 0 radical (unpaired) electrons. The topological polar surface area (TPSA) is 12.0 Å². The van der Waals surface area contributed by atoms with E-state index in [0.29, 0.717) is 0 Å². The van der Waals surface area contributed by atoms with Gasteiger partial charge in [0.25, 0.3) is 0 Å². The zero-order valence-electron chi connectivity index (χ0n) is 12.0. The molecule has 104 valence electrons. The van der Waals surface area contributed by atoms with Crippen LogP contribution < -0.4 is 5.32 Å². The van der Waals surface area contributed by atoms with Crippen molar-refractivity contribution in [1.82, 2.24) is 5.32 Å². The van der Waals surface area contributed by atoms with Gasteiger partial charge in [0, 0.05) is 17.0 Å². The highest BCUT2D eigenvalue weighted by molar-refractivity contribution is 5.40. The molecule has 0 heterocycles. The van der Waals surface area contributed by atoms with Gasteiger partial charge in [-0.25, -0.2) is 4.39 Å². The Bertz CT molecular complexity index is 602. The van der Waals surface area contributed by atoms with Crippen molar-refractivity contribution in [3.63, 3.8) is 0 Å². The molecule has 2 aromatic rings. The molecule has 1 atom stereocenters. The summed E-state index contributed by atoms with van der Waals surface area (Å²) in [5, 5.41) is 3.35. The summed E-state index contributed by atoms with van der Waals surface area (Å²) in [7, 11) is 1.93. The van der Waals surface area contributed by atoms with Crippen molar-refractivity contribution >= 4 is 0 Å². The average molecular weight is 269 g/mol. The van der Waals surface area contributed by atoms with Crippen LogP contribution in [0.1, 0.15) is 35.6 Å². The van der Waals surface area contributed by atoms with E-state index < -0.39 is 0 Å². The molecule has 1 saturated carbocycles. The van der Waals surface area contributed by atoms with Crippen LogP contribution >= 0.6 is 0 Å². The lowest BCUT2D eigenvalue weighted by molar-refractivity contribution is 0.441. The molecule has 1 N–H and O–H groups in total. The molecule has 0 aromatic heterocycles. The molecule has 2 aromatic carbocycles. The fourth-order valence-electron chi connectivity index (χ4n) is 3.26. The standard InChI is InChI=1S/C18H20FN/c1-13-8-9-16(19)15(12-13)17(20-2)18(10-11-18)14-6-4-3-5-7-14/h3-9,12,17,20H,10-11H2,1-2H3. The van der Waals surface area contributed by atoms with Gasteiger partial charge in [-0.15, -0.1) is 0 Å². The largest absolute Gasteiger partial charge is 0.312 e. The van der Waals surface area contributed by atoms with Crippen molar-refractivity contribution in [2.24, 2.45) is 0 Å². The summed E-state index contributed by atoms with van der Waals surface area (Å²) in [6.45, 7) is 2.01. The van der Waals surface area contributed by atoms with E-state index in [2.05, 4.69) is 29.6 Å². The van der Waals surface area contributed by atoms with Gasteiger partial charge in [-0.05, 0) is 38.4 Å². The van der Waals surface area contributed by atoms with E-state index in [0.717, 1.165) is 24.0 Å². The number of rotatable bonds is 4. The highest BCUT2D eigenvalue weighted by atomic mass is 19.1. The third-order valence-corrected chi connectivity index (χ3v) is 4.44. The molecule has 2 heteroatoms. The number of aryl methyl sites for hydroxylation is 1. The molecule has 0 amide bonds. The molecule has 20 heavy (non-hydrogen) atoms. The summed E-state index contributed by atoms with van der Waals surface area (Å²) < 4.78 is 14.2. The van der Waals surface area contributed by atoms with Crippen molar-refractivity contribution in [3.8, 4) is 0 Å². The van der Waals surface area contributed by atoms with E-state index >= 15 is 0 Å². The SMILES string of the molecule is CNC(c1cc(C)ccc1F)C1(c2ccccc2)CC1. The first kappa shape index (κ1) is 13.3. The predicted octanol–water partition coefficient (Wildman–Crippen LogP) is 4.13. The van der Waals surface area contributed by atoms with Crippen molar-refractivity contribution in [3.05, 3.63) is 71.0 Å². The van der Waals surface area contributed by atoms with Crippen molar-refractivity contribution in [1.29, 1.82) is 0 Å². The van der Waals surface area contributed by atoms with Gasteiger partial charge in [-0.3, -0.25) is 0 Å². The molecule has 1 nitrogen and oxygen atoms in total. The predicted molar refractivity (Wildman–Crippen MR) is 80.3 cm³/mol. The zero-order valence-corrected chi connectivity index (χ0v) is 12.0. The van der Waals surface area contributed by atoms with Crippen LogP contribution in [0.15, 0.2) is 48.5 Å². The maximum absolute atomic E-state index is 14.2. The van der Waals surface area contributed by atoms with Crippen LogP contribution in [-0.2, 0) is 5.41 Å². The third kappa shape index (κ3) is 2.14. The smallest absolute Gasteiger partial charge is 0.128 e. The molecule has 0 bridgehead atoms. The van der Waals surface area contributed by atoms with Gasteiger partial charge >= 0.3 is 0 Å². The van der Waals surface area contributed by atoms with E-state index in [1.165, 1.54) is 5.56 Å². The number of hydrogen-bond donors (Lipinski definition) is 1. The molecule has 3 rings (SSSR count). The van der Waals surface area contributed by atoms with E-state index in [-0.39, 0.29) is 17.3 Å². The summed E-state index contributed by atoms with van der Waals surface area (Å²) in [5.74, 6) is -0.114. The van der Waals surface area contributed by atoms with Crippen LogP contribution in [0.2, 0.25) is 0 Å². The molecule has 0 saturated heterocycles. The van der Waals surface area contributed by atoms with Crippen molar-refractivity contribution in [2.75, 3.05) is 7.05 Å². The Balaban J connectivity index is 2.04. The monoisotopic (exact) mass is 269 g/mol. The average Bonchev–Trinajstić information content (AvgIpc) is 3.26. The number of nitrogens with one attached hydrogen (secondary N) is 1. The van der Waals surface area contributed by atoms with E-state index in [1.54, 1.807) is 6.07 Å². The van der Waals surface area contributed by atoms with Crippen LogP contribution in [0, 0.1) is 12.7 Å². The first-order valence-electron chi connectivity index (χ1n) is 7.16. The Morgan fingerprint density at radius 2 is 1.80 bits per heavy atom. The van der Waals surface area contributed by atoms with Gasteiger partial charge in [-0.1, -0.05) is 48.0 Å². The Labute approximate surface area is 119 Å². The fraction of sp³-hybridized carbons (Fsp3) is 0.333. The van der Waals surface area contributed by atoms with Crippen LogP contribution in [0.3, 0.4) is 0 Å². The van der Waals surface area contributed by atoms with Gasteiger partial charge < -0.3 is 5.32 Å². The Morgan fingerprint density at radius 3 is 2.40 bits per heavy atom. The van der Waals surface area contributed by atoms with Crippen molar-refractivity contribution < 1.29 is 4.39 Å². The summed E-state index contributed by atoms with van der Waals surface area (Å²) in [6.07, 6.45) is 2.21. The van der Waals surface area contributed by atoms with Crippen molar-refractivity contribution in [2.45, 2.75) is 31.2 Å². The van der Waals surface area contributed by atoms with Gasteiger partial charge in [-0.2, -0.15) is 0 Å². The molecular formula is C18H20FN. The Kier molecular flexibility index (Phi) is 3.35. The minimum absolute atomic E-state index is 0.0322. The normalized spacial score (nSPS) is 17.8. The van der Waals surface area contributed by atoms with Gasteiger partial charge in [0.2, 0.25) is 0 Å². The summed E-state index contributed by atoms with van der Waals surface area (Å²) in [4.78, 5) is 0. The third-order valence-electron chi connectivity index (χ3n) is 4.44. The van der Waals surface area contributed by atoms with Crippen LogP contribution in [-0.4, -0.2) is 7.05 Å². The number of halogens is 1. The van der Waals surface area contributed by atoms with Gasteiger partial charge in [0.15, 0.2) is 0 Å². The molecule has 1 unspecified atom stereocenters. The second kappa shape index (κ2) is 5.02. The molecule has 0 aliphatic heterocycles. The molecule has 1 aliphatic carbocycles. The summed E-state index contributed by atoms with van der Waals surface area (Å²) in [6, 6.07) is 15.9. The van der Waals surface area contributed by atoms with Crippen LogP contribution in [0.25, 0.3) is 0 Å². The molecule has 0 spiro atoms. The lowest BCUT2D eigenvalue weighted by atomic mass is 9.83. The maximum Gasteiger partial charge on any atom is 0.128 e. The highest BCUT2D eigenvalue weighted by Crippen LogP contribution is 2.56. The Hall–Kier alpha value is -1.67. The number of benzene rings is 2. The fourth-order valence-corrected chi connectivity index (χ4v) is 3.26. The lowest BCUT2D eigenvalue weighted by Gasteiger charge is -2.28. The van der Waals surface area contributed by atoms with E-state index in [4.69, 9.17) is 0 Å². The first-order valence-corrected chi connectivity index (χ1v) is 7.16. The highest BCUT2D eigenvalue weighted by Gasteiger charge is 2.51. The van der Waals surface area contributed by atoms with E-state index in [9.17, 15) is 4.39 Å². The summed E-state index contributed by atoms with van der Waals surface area (Å²) >= 11 is 0. The van der Waals surface area contributed by atoms with Gasteiger partial charge in [0.05, 0.1) is 0 Å². The van der Waals surface area contributed by atoms with Gasteiger partial charge in [0.1, 0.15) is 5.82 Å². The minimum atomic E-state index is -0.114.